The number of carbonyl (C=O) groups excluding carboxylic acids is 1. The van der Waals surface area contributed by atoms with Crippen LogP contribution in [0.4, 0.5) is 0 Å². The van der Waals surface area contributed by atoms with Gasteiger partial charge in [0.2, 0.25) is 0 Å². The quantitative estimate of drug-likeness (QED) is 0.379. The van der Waals surface area contributed by atoms with Crippen molar-refractivity contribution in [1.29, 1.82) is 0 Å². The molecule has 0 heterocycles. The summed E-state index contributed by atoms with van der Waals surface area (Å²) in [6.07, 6.45) is -2.07. The van der Waals surface area contributed by atoms with Crippen molar-refractivity contribution in [3.63, 3.8) is 0 Å². The molecule has 0 amide bonds. The zero-order valence-corrected chi connectivity index (χ0v) is 11.7. The van der Waals surface area contributed by atoms with Crippen molar-refractivity contribution in [3.8, 4) is 0 Å². The molecule has 0 aliphatic carbocycles. The van der Waals surface area contributed by atoms with E-state index in [1.54, 1.807) is 0 Å². The van der Waals surface area contributed by atoms with Gasteiger partial charge < -0.3 is 35.4 Å². The third-order valence-corrected chi connectivity index (χ3v) is 1.97. The molecule has 0 fully saturated rings. The monoisotopic (exact) mass is 280 g/mol. The average Bonchev–Trinajstić information content (AvgIpc) is 2.12. The fourth-order valence-electron chi connectivity index (χ4n) is 1.10. The molecule has 5 N–H and O–H groups in total. The molecule has 8 nitrogen and oxygen atoms in total. The summed E-state index contributed by atoms with van der Waals surface area (Å²) >= 11 is 0. The van der Waals surface area contributed by atoms with Crippen LogP contribution >= 0.6 is 0 Å². The molecular formula is C11H24N2O6. The van der Waals surface area contributed by atoms with E-state index in [-0.39, 0.29) is 6.42 Å². The maximum absolute atomic E-state index is 10.0. The van der Waals surface area contributed by atoms with Crippen molar-refractivity contribution in [2.75, 3.05) is 27.7 Å². The minimum atomic E-state index is -1.20. The number of quaternary nitrogens is 1. The topological polar surface area (TPSA) is 144 Å². The van der Waals surface area contributed by atoms with Gasteiger partial charge in [-0.05, 0) is 6.92 Å². The smallest absolute Gasteiger partial charge is 0.323 e. The van der Waals surface area contributed by atoms with Gasteiger partial charge in [-0.1, -0.05) is 0 Å². The second-order valence-corrected chi connectivity index (χ2v) is 5.31. The minimum absolute atomic E-state index is 0.282. The van der Waals surface area contributed by atoms with Crippen molar-refractivity contribution in [3.05, 3.63) is 0 Å². The lowest BCUT2D eigenvalue weighted by molar-refractivity contribution is -0.873. The van der Waals surface area contributed by atoms with Crippen LogP contribution in [0.5, 0.6) is 0 Å². The van der Waals surface area contributed by atoms with Gasteiger partial charge in [-0.3, -0.25) is 4.79 Å². The largest absolute Gasteiger partial charge is 0.550 e. The van der Waals surface area contributed by atoms with Crippen molar-refractivity contribution in [1.82, 2.24) is 0 Å². The van der Waals surface area contributed by atoms with Crippen LogP contribution in [0.1, 0.15) is 13.3 Å². The number of carboxylic acid groups (broad SMARTS) is 2. The molecule has 0 saturated heterocycles. The third-order valence-electron chi connectivity index (χ3n) is 1.97. The van der Waals surface area contributed by atoms with Gasteiger partial charge in [0.05, 0.1) is 27.2 Å². The summed E-state index contributed by atoms with van der Waals surface area (Å²) in [6.45, 7) is 1.76. The van der Waals surface area contributed by atoms with Crippen LogP contribution in [0.2, 0.25) is 0 Å². The molecule has 0 aromatic carbocycles. The number of carbonyl (C=O) groups is 2. The standard InChI is InChI=1S/C7H15NO3.C4H9NO3/c1-8(2,3)5-6(9)4-7(10)11;1-2(6)3(5)4(7)8/h6,9H,4-5H2,1-3H3;2-3,6H,5H2,1H3,(H,7,8). The van der Waals surface area contributed by atoms with E-state index >= 15 is 0 Å². The van der Waals surface area contributed by atoms with Gasteiger partial charge in [0.15, 0.2) is 0 Å². The number of rotatable bonds is 6. The Balaban J connectivity index is 0. The Bertz CT molecular complexity index is 287. The van der Waals surface area contributed by atoms with Crippen molar-refractivity contribution in [2.24, 2.45) is 5.73 Å². The normalized spacial score (nSPS) is 15.7. The van der Waals surface area contributed by atoms with E-state index in [1.165, 1.54) is 6.92 Å². The molecule has 8 heteroatoms. The lowest BCUT2D eigenvalue weighted by atomic mass is 10.2. The molecule has 0 rings (SSSR count). The van der Waals surface area contributed by atoms with E-state index in [9.17, 15) is 14.7 Å². The van der Waals surface area contributed by atoms with Crippen LogP contribution in [-0.4, -0.2) is 77.7 Å². The highest BCUT2D eigenvalue weighted by Crippen LogP contribution is 1.97. The molecule has 3 atom stereocenters. The number of aliphatic carboxylic acids is 2. The minimum Gasteiger partial charge on any atom is -0.550 e. The molecule has 0 radical (unpaired) electrons. The Morgan fingerprint density at radius 1 is 1.26 bits per heavy atom. The second kappa shape index (κ2) is 8.81. The first kappa shape index (κ1) is 20.1. The lowest BCUT2D eigenvalue weighted by Gasteiger charge is -2.26. The van der Waals surface area contributed by atoms with E-state index < -0.39 is 30.2 Å². The molecule has 0 bridgehead atoms. The molecule has 0 aliphatic heterocycles. The van der Waals surface area contributed by atoms with E-state index in [1.807, 2.05) is 21.1 Å². The summed E-state index contributed by atoms with van der Waals surface area (Å²) in [5.41, 5.74) is 4.91. The predicted molar refractivity (Wildman–Crippen MR) is 65.8 cm³/mol. The number of carboxylic acids is 2. The van der Waals surface area contributed by atoms with Crippen LogP contribution in [-0.2, 0) is 9.59 Å². The maximum atomic E-state index is 10.0. The van der Waals surface area contributed by atoms with Gasteiger partial charge in [-0.2, -0.15) is 0 Å². The average molecular weight is 280 g/mol. The lowest BCUT2D eigenvalue weighted by Crippen LogP contribution is -2.43. The number of likely N-dealkylation sites (N-methyl/N-ethyl adjacent to an activating group) is 1. The second-order valence-electron chi connectivity index (χ2n) is 5.31. The number of aliphatic hydroxyl groups is 2. The first-order valence-electron chi connectivity index (χ1n) is 5.71. The number of hydrogen-bond acceptors (Lipinski definition) is 6. The van der Waals surface area contributed by atoms with Crippen molar-refractivity contribution in [2.45, 2.75) is 31.6 Å². The summed E-state index contributed by atoms with van der Waals surface area (Å²) in [4.78, 5) is 19.9. The number of aliphatic hydroxyl groups excluding tert-OH is 2. The molecule has 0 spiro atoms. The Morgan fingerprint density at radius 3 is 1.84 bits per heavy atom. The Hall–Kier alpha value is -1.22. The summed E-state index contributed by atoms with van der Waals surface area (Å²) < 4.78 is 0.550. The van der Waals surface area contributed by atoms with Crippen LogP contribution in [0.25, 0.3) is 0 Å². The van der Waals surface area contributed by atoms with Crippen LogP contribution in [0, 0.1) is 0 Å². The maximum Gasteiger partial charge on any atom is 0.323 e. The van der Waals surface area contributed by atoms with E-state index in [0.29, 0.717) is 11.0 Å². The summed E-state index contributed by atoms with van der Waals surface area (Å²) in [7, 11) is 5.66. The molecular weight excluding hydrogens is 256 g/mol. The summed E-state index contributed by atoms with van der Waals surface area (Å²) in [5, 5.41) is 35.7. The van der Waals surface area contributed by atoms with Crippen LogP contribution < -0.4 is 10.8 Å². The van der Waals surface area contributed by atoms with E-state index in [2.05, 4.69) is 0 Å². The van der Waals surface area contributed by atoms with Crippen molar-refractivity contribution < 1.29 is 34.5 Å². The molecule has 19 heavy (non-hydrogen) atoms. The molecule has 0 aliphatic rings. The highest BCUT2D eigenvalue weighted by atomic mass is 16.4. The fraction of sp³-hybridized carbons (Fsp3) is 0.818. The first-order chi connectivity index (χ1) is 8.36. The molecule has 3 unspecified atom stereocenters. The first-order valence-corrected chi connectivity index (χ1v) is 5.71. The summed E-state index contributed by atoms with van der Waals surface area (Å²) in [5.74, 6) is -2.38. The highest BCUT2D eigenvalue weighted by molar-refractivity contribution is 5.73. The molecule has 0 saturated carbocycles. The molecule has 114 valence electrons. The van der Waals surface area contributed by atoms with Gasteiger partial charge >= 0.3 is 5.97 Å². The number of nitrogens with two attached hydrogens (primary N) is 1. The van der Waals surface area contributed by atoms with Crippen LogP contribution in [0.15, 0.2) is 0 Å². The van der Waals surface area contributed by atoms with E-state index in [4.69, 9.17) is 21.1 Å². The zero-order valence-electron chi connectivity index (χ0n) is 11.7. The van der Waals surface area contributed by atoms with Gasteiger partial charge in [0.25, 0.3) is 0 Å². The van der Waals surface area contributed by atoms with E-state index in [0.717, 1.165) is 0 Å². The highest BCUT2D eigenvalue weighted by Gasteiger charge is 2.16. The van der Waals surface area contributed by atoms with Gasteiger partial charge in [-0.25, -0.2) is 0 Å². The number of nitrogens with zero attached hydrogens (tertiary/aromatic N) is 1. The van der Waals surface area contributed by atoms with Crippen LogP contribution in [0.3, 0.4) is 0 Å². The van der Waals surface area contributed by atoms with Gasteiger partial charge in [0, 0.05) is 12.4 Å². The Kier molecular flexibility index (Phi) is 9.32. The van der Waals surface area contributed by atoms with Gasteiger partial charge in [-0.15, -0.1) is 0 Å². The summed E-state index contributed by atoms with van der Waals surface area (Å²) in [6, 6.07) is -1.16. The predicted octanol–water partition coefficient (Wildman–Crippen LogP) is -3.03. The molecule has 0 aromatic rings. The van der Waals surface area contributed by atoms with Gasteiger partial charge in [0.1, 0.15) is 18.7 Å². The van der Waals surface area contributed by atoms with Crippen molar-refractivity contribution >= 4 is 11.9 Å². The molecule has 0 aromatic heterocycles. The number of hydrogen-bond donors (Lipinski definition) is 4. The zero-order chi connectivity index (χ0) is 15.8. The fourth-order valence-corrected chi connectivity index (χ4v) is 1.10. The Labute approximate surface area is 112 Å². The SMILES string of the molecule is CC(O)C(N)C(=O)O.C[N+](C)(C)CC(O)CC(=O)[O-]. The third kappa shape index (κ3) is 14.7. The Morgan fingerprint density at radius 2 is 1.68 bits per heavy atom.